The van der Waals surface area contributed by atoms with Gasteiger partial charge in [0, 0.05) is 12.1 Å². The van der Waals surface area contributed by atoms with Crippen LogP contribution in [0, 0.1) is 0 Å². The van der Waals surface area contributed by atoms with E-state index in [4.69, 9.17) is 4.74 Å². The lowest BCUT2D eigenvalue weighted by molar-refractivity contribution is -0.145. The number of β-amino-alcohol motifs (C(OH)–C–C–N with tert-alkyl or cyclic N) is 1. The highest BCUT2D eigenvalue weighted by Gasteiger charge is 2.34. The summed E-state index contributed by atoms with van der Waals surface area (Å²) >= 11 is 0. The molecule has 1 aliphatic rings. The molecule has 0 radical (unpaired) electrons. The van der Waals surface area contributed by atoms with Crippen LogP contribution in [-0.2, 0) is 9.53 Å². The molecular weight excluding hydrogens is 206 g/mol. The van der Waals surface area contributed by atoms with Crippen LogP contribution < -0.4 is 5.32 Å². The van der Waals surface area contributed by atoms with Crippen LogP contribution in [-0.4, -0.2) is 35.9 Å². The Morgan fingerprint density at radius 1 is 1.50 bits per heavy atom. The van der Waals surface area contributed by atoms with E-state index in [1.165, 1.54) is 19.3 Å². The molecule has 0 saturated heterocycles. The van der Waals surface area contributed by atoms with Gasteiger partial charge in [-0.1, -0.05) is 6.92 Å². The summed E-state index contributed by atoms with van der Waals surface area (Å²) in [5.41, 5.74) is 0.218. The van der Waals surface area contributed by atoms with Gasteiger partial charge in [-0.15, -0.1) is 0 Å². The van der Waals surface area contributed by atoms with Gasteiger partial charge in [0.1, 0.15) is 0 Å². The van der Waals surface area contributed by atoms with E-state index in [0.717, 1.165) is 6.42 Å². The van der Waals surface area contributed by atoms with Crippen molar-refractivity contribution in [2.75, 3.05) is 13.2 Å². The molecule has 0 heterocycles. The topological polar surface area (TPSA) is 58.6 Å². The number of rotatable bonds is 7. The van der Waals surface area contributed by atoms with Gasteiger partial charge in [-0.25, -0.2) is 0 Å². The molecule has 1 fully saturated rings. The summed E-state index contributed by atoms with van der Waals surface area (Å²) in [5.74, 6) is -0.323. The van der Waals surface area contributed by atoms with Gasteiger partial charge in [-0.2, -0.15) is 0 Å². The minimum absolute atomic E-state index is 0.0840. The molecule has 94 valence electrons. The number of hydrogen-bond acceptors (Lipinski definition) is 4. The van der Waals surface area contributed by atoms with Gasteiger partial charge in [0.15, 0.2) is 0 Å². The van der Waals surface area contributed by atoms with Crippen LogP contribution in [0.25, 0.3) is 0 Å². The van der Waals surface area contributed by atoms with Crippen LogP contribution in [0.3, 0.4) is 0 Å². The molecule has 2 N–H and O–H groups in total. The molecule has 4 heteroatoms. The standard InChI is InChI=1S/C12H23NO3/c1-3-12(6-5-7-12)13-9-10(14)8-11(15)16-4-2/h10,13-14H,3-9H2,1-2H3. The fraction of sp³-hybridized carbons (Fsp3) is 0.917. The zero-order chi connectivity index (χ0) is 12.0. The Hall–Kier alpha value is -0.610. The molecule has 1 unspecified atom stereocenters. The van der Waals surface area contributed by atoms with Crippen molar-refractivity contribution in [1.29, 1.82) is 0 Å². The molecule has 0 bridgehead atoms. The lowest BCUT2D eigenvalue weighted by Crippen LogP contribution is -2.52. The second-order valence-corrected chi connectivity index (χ2v) is 4.53. The maximum absolute atomic E-state index is 11.1. The maximum atomic E-state index is 11.1. The van der Waals surface area contributed by atoms with Crippen molar-refractivity contribution in [1.82, 2.24) is 5.32 Å². The fourth-order valence-electron chi connectivity index (χ4n) is 2.08. The summed E-state index contributed by atoms with van der Waals surface area (Å²) in [6.07, 6.45) is 4.14. The summed E-state index contributed by atoms with van der Waals surface area (Å²) in [5, 5.41) is 13.0. The number of aliphatic hydroxyl groups is 1. The van der Waals surface area contributed by atoms with Gasteiger partial charge < -0.3 is 15.2 Å². The number of carbonyl (C=O) groups is 1. The predicted molar refractivity (Wildman–Crippen MR) is 62.1 cm³/mol. The Balaban J connectivity index is 2.19. The summed E-state index contributed by atoms with van der Waals surface area (Å²) < 4.78 is 4.78. The number of hydrogen-bond donors (Lipinski definition) is 2. The predicted octanol–water partition coefficient (Wildman–Crippen LogP) is 1.22. The number of aliphatic hydroxyl groups excluding tert-OH is 1. The van der Waals surface area contributed by atoms with Crippen molar-refractivity contribution in [2.45, 2.75) is 57.6 Å². The van der Waals surface area contributed by atoms with Crippen LogP contribution >= 0.6 is 0 Å². The highest BCUT2D eigenvalue weighted by Crippen LogP contribution is 2.34. The molecule has 0 aromatic heterocycles. The Bertz CT molecular complexity index is 221. The van der Waals surface area contributed by atoms with Crippen molar-refractivity contribution in [3.63, 3.8) is 0 Å². The van der Waals surface area contributed by atoms with Crippen molar-refractivity contribution in [3.8, 4) is 0 Å². The minimum atomic E-state index is -0.636. The van der Waals surface area contributed by atoms with E-state index in [1.807, 2.05) is 0 Å². The second kappa shape index (κ2) is 6.21. The van der Waals surface area contributed by atoms with E-state index in [9.17, 15) is 9.90 Å². The van der Waals surface area contributed by atoms with Crippen LogP contribution in [0.5, 0.6) is 0 Å². The molecule has 1 atom stereocenters. The highest BCUT2D eigenvalue weighted by atomic mass is 16.5. The molecular formula is C12H23NO3. The molecule has 0 amide bonds. The average molecular weight is 229 g/mol. The fourth-order valence-corrected chi connectivity index (χ4v) is 2.08. The third kappa shape index (κ3) is 3.76. The largest absolute Gasteiger partial charge is 0.466 e. The molecule has 0 aliphatic heterocycles. The van der Waals surface area contributed by atoms with E-state index in [2.05, 4.69) is 12.2 Å². The lowest BCUT2D eigenvalue weighted by Gasteiger charge is -2.42. The van der Waals surface area contributed by atoms with Crippen molar-refractivity contribution in [2.24, 2.45) is 0 Å². The minimum Gasteiger partial charge on any atom is -0.466 e. The second-order valence-electron chi connectivity index (χ2n) is 4.53. The van der Waals surface area contributed by atoms with Gasteiger partial charge in [-0.05, 0) is 32.6 Å². The van der Waals surface area contributed by atoms with Crippen LogP contribution in [0.2, 0.25) is 0 Å². The van der Waals surface area contributed by atoms with E-state index in [-0.39, 0.29) is 17.9 Å². The molecule has 1 saturated carbocycles. The van der Waals surface area contributed by atoms with Crippen LogP contribution in [0.1, 0.15) is 46.0 Å². The summed E-state index contributed by atoms with van der Waals surface area (Å²) in [6, 6.07) is 0. The van der Waals surface area contributed by atoms with E-state index < -0.39 is 6.10 Å². The van der Waals surface area contributed by atoms with Gasteiger partial charge in [-0.3, -0.25) is 4.79 Å². The van der Waals surface area contributed by atoms with Gasteiger partial charge in [0.2, 0.25) is 0 Å². The third-order valence-electron chi connectivity index (χ3n) is 3.41. The summed E-state index contributed by atoms with van der Waals surface area (Å²) in [6.45, 7) is 4.78. The van der Waals surface area contributed by atoms with E-state index in [1.54, 1.807) is 6.92 Å². The SMILES string of the molecule is CCOC(=O)CC(O)CNC1(CC)CCC1. The maximum Gasteiger partial charge on any atom is 0.308 e. The molecule has 0 aromatic carbocycles. The van der Waals surface area contributed by atoms with Crippen LogP contribution in [0.15, 0.2) is 0 Å². The first-order valence-electron chi connectivity index (χ1n) is 6.20. The number of esters is 1. The zero-order valence-electron chi connectivity index (χ0n) is 10.3. The smallest absolute Gasteiger partial charge is 0.308 e. The monoisotopic (exact) mass is 229 g/mol. The first-order chi connectivity index (χ1) is 7.62. The molecule has 1 aliphatic carbocycles. The highest BCUT2D eigenvalue weighted by molar-refractivity contribution is 5.69. The summed E-state index contributed by atoms with van der Waals surface area (Å²) in [7, 11) is 0. The van der Waals surface area contributed by atoms with Gasteiger partial charge >= 0.3 is 5.97 Å². The molecule has 0 aromatic rings. The first-order valence-corrected chi connectivity index (χ1v) is 6.20. The average Bonchev–Trinajstić information content (AvgIpc) is 2.17. The van der Waals surface area contributed by atoms with E-state index >= 15 is 0 Å². The Labute approximate surface area is 97.4 Å². The Morgan fingerprint density at radius 2 is 2.19 bits per heavy atom. The van der Waals surface area contributed by atoms with Crippen molar-refractivity contribution >= 4 is 5.97 Å². The first kappa shape index (κ1) is 13.5. The molecule has 0 spiro atoms. The lowest BCUT2D eigenvalue weighted by atomic mass is 9.75. The number of carbonyl (C=O) groups excluding carboxylic acids is 1. The Kier molecular flexibility index (Phi) is 5.22. The summed E-state index contributed by atoms with van der Waals surface area (Å²) in [4.78, 5) is 11.1. The quantitative estimate of drug-likeness (QED) is 0.645. The molecule has 4 nitrogen and oxygen atoms in total. The third-order valence-corrected chi connectivity index (χ3v) is 3.41. The van der Waals surface area contributed by atoms with Crippen molar-refractivity contribution < 1.29 is 14.6 Å². The van der Waals surface area contributed by atoms with Gasteiger partial charge in [0.05, 0.1) is 19.1 Å². The van der Waals surface area contributed by atoms with E-state index in [0.29, 0.717) is 13.2 Å². The molecule has 16 heavy (non-hydrogen) atoms. The molecule has 1 rings (SSSR count). The number of nitrogens with one attached hydrogen (secondary N) is 1. The van der Waals surface area contributed by atoms with Crippen molar-refractivity contribution in [3.05, 3.63) is 0 Å². The zero-order valence-corrected chi connectivity index (χ0v) is 10.3. The number of ether oxygens (including phenoxy) is 1. The van der Waals surface area contributed by atoms with Crippen LogP contribution in [0.4, 0.5) is 0 Å². The Morgan fingerprint density at radius 3 is 2.62 bits per heavy atom. The normalized spacial score (nSPS) is 19.9. The van der Waals surface area contributed by atoms with Gasteiger partial charge in [0.25, 0.3) is 0 Å².